The second-order valence-electron chi connectivity index (χ2n) is 4.49. The molecule has 0 aromatic heterocycles. The summed E-state index contributed by atoms with van der Waals surface area (Å²) in [6.45, 7) is 4.31. The Morgan fingerprint density at radius 1 is 1.29 bits per heavy atom. The number of amides is 1. The predicted molar refractivity (Wildman–Crippen MR) is 88.2 cm³/mol. The lowest BCUT2D eigenvalue weighted by molar-refractivity contribution is 0.108. The first-order chi connectivity index (χ1) is 9.92. The normalized spacial score (nSPS) is 11.0. The van der Waals surface area contributed by atoms with E-state index in [1.54, 1.807) is 6.08 Å². The average molecular weight is 351 g/mol. The molecule has 1 rings (SSSR count). The Morgan fingerprint density at radius 3 is 2.52 bits per heavy atom. The molecule has 0 atom stereocenters. The third kappa shape index (κ3) is 8.20. The fraction of sp³-hybridized carbons (Fsp3) is 0.400. The van der Waals surface area contributed by atoms with Gasteiger partial charge >= 0.3 is 6.09 Å². The first-order valence-electron chi connectivity index (χ1n) is 6.55. The van der Waals surface area contributed by atoms with Crippen LogP contribution in [0.1, 0.15) is 12.0 Å². The Kier molecular flexibility index (Phi) is 7.94. The van der Waals surface area contributed by atoms with Gasteiger partial charge in [0.2, 0.25) is 3.79 Å². The minimum atomic E-state index is -1.60. The van der Waals surface area contributed by atoms with Crippen LogP contribution in [0.3, 0.4) is 0 Å². The molecule has 0 bridgehead atoms. The Morgan fingerprint density at radius 2 is 1.95 bits per heavy atom. The Labute approximate surface area is 140 Å². The van der Waals surface area contributed by atoms with E-state index in [2.05, 4.69) is 18.7 Å². The molecule has 0 unspecified atom stereocenters. The van der Waals surface area contributed by atoms with E-state index in [4.69, 9.17) is 39.5 Å². The number of halogens is 3. The van der Waals surface area contributed by atoms with Gasteiger partial charge in [0.25, 0.3) is 0 Å². The van der Waals surface area contributed by atoms with E-state index in [1.807, 2.05) is 18.2 Å². The second-order valence-corrected chi connectivity index (χ2v) is 7.01. The van der Waals surface area contributed by atoms with Crippen molar-refractivity contribution < 1.29 is 9.53 Å². The summed E-state index contributed by atoms with van der Waals surface area (Å²) in [5.41, 5.74) is 1.23. The number of nitrogens with zero attached hydrogens (tertiary/aromatic N) is 1. The molecule has 0 radical (unpaired) electrons. The maximum atomic E-state index is 11.9. The van der Waals surface area contributed by atoms with Crippen LogP contribution in [0.15, 0.2) is 43.0 Å². The summed E-state index contributed by atoms with van der Waals surface area (Å²) in [5, 5.41) is 0. The van der Waals surface area contributed by atoms with Gasteiger partial charge in [0.15, 0.2) is 0 Å². The largest absolute Gasteiger partial charge is 0.445 e. The van der Waals surface area contributed by atoms with Crippen molar-refractivity contribution in [3.8, 4) is 0 Å². The van der Waals surface area contributed by atoms with Gasteiger partial charge in [-0.2, -0.15) is 0 Å². The zero-order valence-electron chi connectivity index (χ0n) is 11.6. The lowest BCUT2D eigenvalue weighted by Gasteiger charge is -2.22. The molecule has 0 aliphatic carbocycles. The summed E-state index contributed by atoms with van der Waals surface area (Å²) in [6, 6.07) is 10.1. The molecule has 0 aliphatic rings. The van der Waals surface area contributed by atoms with Crippen molar-refractivity contribution in [2.45, 2.75) is 16.6 Å². The van der Waals surface area contributed by atoms with Crippen LogP contribution in [-0.4, -0.2) is 34.5 Å². The van der Waals surface area contributed by atoms with Crippen LogP contribution in [0.4, 0.5) is 4.79 Å². The van der Waals surface area contributed by atoms with Gasteiger partial charge in [-0.25, -0.2) is 4.79 Å². The highest BCUT2D eigenvalue weighted by atomic mass is 35.6. The highest BCUT2D eigenvalue weighted by Crippen LogP contribution is 2.26. The Hall–Kier alpha value is -0.900. The molecule has 0 aliphatic heterocycles. The lowest BCUT2D eigenvalue weighted by Crippen LogP contribution is -2.34. The fourth-order valence-electron chi connectivity index (χ4n) is 1.77. The van der Waals surface area contributed by atoms with Crippen molar-refractivity contribution >= 4 is 40.9 Å². The summed E-state index contributed by atoms with van der Waals surface area (Å²) < 4.78 is 3.37. The van der Waals surface area contributed by atoms with E-state index in [0.29, 0.717) is 13.1 Å². The van der Waals surface area contributed by atoms with Crippen LogP contribution in [0.5, 0.6) is 0 Å². The quantitative estimate of drug-likeness (QED) is 0.530. The topological polar surface area (TPSA) is 29.5 Å². The first kappa shape index (κ1) is 18.1. The number of hydrogen-bond acceptors (Lipinski definition) is 2. The predicted octanol–water partition coefficient (Wildman–Crippen LogP) is 4.61. The number of carbonyl (C=O) groups excluding carboxylic acids is 1. The van der Waals surface area contributed by atoms with Crippen molar-refractivity contribution in [3.63, 3.8) is 0 Å². The lowest BCUT2D eigenvalue weighted by atomic mass is 10.1. The summed E-state index contributed by atoms with van der Waals surface area (Å²) in [4.78, 5) is 13.4. The summed E-state index contributed by atoms with van der Waals surface area (Å²) in [7, 11) is 0. The van der Waals surface area contributed by atoms with Crippen molar-refractivity contribution in [1.82, 2.24) is 4.90 Å². The minimum absolute atomic E-state index is 0.275. The Bertz CT molecular complexity index is 446. The number of benzene rings is 1. The van der Waals surface area contributed by atoms with Crippen molar-refractivity contribution in [2.24, 2.45) is 0 Å². The van der Waals surface area contributed by atoms with Crippen LogP contribution in [0.25, 0.3) is 0 Å². The van der Waals surface area contributed by atoms with E-state index in [0.717, 1.165) is 12.8 Å². The zero-order valence-corrected chi connectivity index (χ0v) is 13.9. The van der Waals surface area contributed by atoms with E-state index >= 15 is 0 Å². The molecule has 0 saturated carbocycles. The monoisotopic (exact) mass is 349 g/mol. The fourth-order valence-corrected chi connectivity index (χ4v) is 1.93. The van der Waals surface area contributed by atoms with Gasteiger partial charge in [0.05, 0.1) is 0 Å². The Balaban J connectivity index is 2.41. The molecule has 0 N–H and O–H groups in total. The molecular weight excluding hydrogens is 333 g/mol. The summed E-state index contributed by atoms with van der Waals surface area (Å²) in [5.74, 6) is 0. The van der Waals surface area contributed by atoms with Gasteiger partial charge in [-0.3, -0.25) is 0 Å². The maximum absolute atomic E-state index is 11.9. The maximum Gasteiger partial charge on any atom is 0.410 e. The van der Waals surface area contributed by atoms with Crippen LogP contribution in [0, 0.1) is 0 Å². The van der Waals surface area contributed by atoms with Crippen LogP contribution in [0.2, 0.25) is 0 Å². The zero-order chi connectivity index (χ0) is 15.7. The second kappa shape index (κ2) is 9.19. The number of ether oxygens (including phenoxy) is 1. The van der Waals surface area contributed by atoms with Crippen LogP contribution in [-0.2, 0) is 11.2 Å². The van der Waals surface area contributed by atoms with Gasteiger partial charge in [-0.05, 0) is 18.4 Å². The molecule has 1 aromatic rings. The van der Waals surface area contributed by atoms with Gasteiger partial charge in [0.1, 0.15) is 6.61 Å². The van der Waals surface area contributed by atoms with Crippen LogP contribution >= 0.6 is 34.8 Å². The minimum Gasteiger partial charge on any atom is -0.445 e. The first-order valence-corrected chi connectivity index (χ1v) is 7.69. The van der Waals surface area contributed by atoms with Crippen molar-refractivity contribution in [2.75, 3.05) is 19.7 Å². The number of rotatable bonds is 7. The molecule has 0 heterocycles. The molecule has 3 nitrogen and oxygen atoms in total. The van der Waals surface area contributed by atoms with Gasteiger partial charge in [0, 0.05) is 13.1 Å². The average Bonchev–Trinajstić information content (AvgIpc) is 2.44. The highest BCUT2D eigenvalue weighted by Gasteiger charge is 2.24. The molecule has 1 aromatic carbocycles. The smallest absolute Gasteiger partial charge is 0.410 e. The molecule has 21 heavy (non-hydrogen) atoms. The highest BCUT2D eigenvalue weighted by molar-refractivity contribution is 6.67. The van der Waals surface area contributed by atoms with Gasteiger partial charge in [-0.15, -0.1) is 6.58 Å². The third-order valence-electron chi connectivity index (χ3n) is 2.70. The van der Waals surface area contributed by atoms with E-state index in [1.165, 1.54) is 10.5 Å². The number of hydrogen-bond donors (Lipinski definition) is 0. The summed E-state index contributed by atoms with van der Waals surface area (Å²) in [6.07, 6.45) is 2.83. The van der Waals surface area contributed by atoms with Gasteiger partial charge < -0.3 is 9.64 Å². The van der Waals surface area contributed by atoms with Gasteiger partial charge in [-0.1, -0.05) is 71.2 Å². The molecule has 0 spiro atoms. The number of alkyl halides is 3. The van der Waals surface area contributed by atoms with Crippen molar-refractivity contribution in [3.05, 3.63) is 48.6 Å². The molecule has 0 saturated heterocycles. The summed E-state index contributed by atoms with van der Waals surface area (Å²) >= 11 is 16.7. The van der Waals surface area contributed by atoms with E-state index in [-0.39, 0.29) is 6.61 Å². The SMILES string of the molecule is C=CCN(CCCc1ccccc1)C(=O)OCC(Cl)(Cl)Cl. The molecule has 116 valence electrons. The number of carbonyl (C=O) groups is 1. The molecule has 6 heteroatoms. The standard InChI is InChI=1S/C15H18Cl3NO2/c1-2-10-19(14(20)21-12-15(16,17)18)11-6-9-13-7-4-3-5-8-13/h2-5,7-8H,1,6,9-12H2. The van der Waals surface area contributed by atoms with E-state index in [9.17, 15) is 4.79 Å². The molecular formula is C15H18Cl3NO2. The third-order valence-corrected chi connectivity index (χ3v) is 3.03. The van der Waals surface area contributed by atoms with E-state index < -0.39 is 9.89 Å². The number of aryl methyl sites for hydroxylation is 1. The molecule has 1 amide bonds. The van der Waals surface area contributed by atoms with Crippen molar-refractivity contribution in [1.29, 1.82) is 0 Å². The molecule has 0 fully saturated rings. The van der Waals surface area contributed by atoms with Crippen LogP contribution < -0.4 is 0 Å².